The normalized spacial score (nSPS) is 14.4. The van der Waals surface area contributed by atoms with Gasteiger partial charge in [-0.25, -0.2) is 4.57 Å². The van der Waals surface area contributed by atoms with Gasteiger partial charge in [-0.3, -0.25) is 18.6 Å². The molecule has 2 unspecified atom stereocenters. The minimum absolute atomic E-state index is 0.0159. The molecule has 0 spiro atoms. The molecule has 370 valence electrons. The van der Waals surface area contributed by atoms with Crippen molar-refractivity contribution in [3.8, 4) is 0 Å². The van der Waals surface area contributed by atoms with Gasteiger partial charge >= 0.3 is 19.8 Å². The van der Waals surface area contributed by atoms with Crippen LogP contribution in [0.5, 0.6) is 0 Å². The van der Waals surface area contributed by atoms with Crippen LogP contribution in [-0.2, 0) is 32.7 Å². The SMILES string of the molecule is CC/C=C\C/C=C\C/C=C\C/C=C\C/C=C\C/C=C\C/C=C\CCCCCC(=O)OC(COC(=O)CCCCCCC/C=C\C/C=C\CCCCCC)COP(=O)(O)OCC[N+](C)(C)C. The highest BCUT2D eigenvalue weighted by Gasteiger charge is 2.27. The Labute approximate surface area is 397 Å². The Morgan fingerprint density at radius 3 is 1.32 bits per heavy atom. The number of unbranched alkanes of at least 4 members (excludes halogenated alkanes) is 12. The standard InChI is InChI=1S/C55H92NO8P/c1-6-8-10-12-14-16-18-20-22-24-25-26-27-28-29-30-31-32-34-36-38-40-42-44-46-48-55(58)64-53(52-63-65(59,60)62-50-49-56(3,4)5)51-61-54(57)47-45-43-41-39-37-35-33-23-21-19-17-15-13-11-9-7-2/h8,10,14,16-17,19-20,22-23,25-26,28-29,31-33,36,38,53H,6-7,9,11-13,15,18,21,24,27,30,34-35,37,39-52H2,1-5H3/p+1/b10-8-,16-14-,19-17-,22-20-,26-25-,29-28-,32-31-,33-23-,38-36-. The molecule has 0 aliphatic carbocycles. The van der Waals surface area contributed by atoms with E-state index in [4.69, 9.17) is 18.5 Å². The third kappa shape index (κ3) is 49.9. The van der Waals surface area contributed by atoms with Gasteiger partial charge in [-0.2, -0.15) is 0 Å². The molecule has 0 aromatic carbocycles. The summed E-state index contributed by atoms with van der Waals surface area (Å²) in [6.07, 6.45) is 62.8. The Bertz CT molecular complexity index is 1470. The van der Waals surface area contributed by atoms with Gasteiger partial charge in [0, 0.05) is 12.8 Å². The number of phosphoric ester groups is 1. The van der Waals surface area contributed by atoms with E-state index >= 15 is 0 Å². The van der Waals surface area contributed by atoms with E-state index < -0.39 is 32.5 Å². The average Bonchev–Trinajstić information content (AvgIpc) is 3.26. The summed E-state index contributed by atoms with van der Waals surface area (Å²) in [6, 6.07) is 0. The first kappa shape index (κ1) is 61.7. The van der Waals surface area contributed by atoms with Gasteiger partial charge in [-0.15, -0.1) is 0 Å². The van der Waals surface area contributed by atoms with Crippen molar-refractivity contribution in [1.29, 1.82) is 0 Å². The van der Waals surface area contributed by atoms with Crippen molar-refractivity contribution >= 4 is 19.8 Å². The van der Waals surface area contributed by atoms with Gasteiger partial charge < -0.3 is 18.9 Å². The van der Waals surface area contributed by atoms with E-state index in [9.17, 15) is 19.0 Å². The Kier molecular flexibility index (Phi) is 43.5. The van der Waals surface area contributed by atoms with Crippen LogP contribution in [0.15, 0.2) is 109 Å². The molecule has 0 aliphatic heterocycles. The molecule has 0 fully saturated rings. The predicted molar refractivity (Wildman–Crippen MR) is 275 cm³/mol. The Balaban J connectivity index is 4.40. The number of likely N-dealkylation sites (N-methyl/N-ethyl adjacent to an activating group) is 1. The molecule has 9 nitrogen and oxygen atoms in total. The number of carbonyl (C=O) groups excluding carboxylic acids is 2. The monoisotopic (exact) mass is 927 g/mol. The topological polar surface area (TPSA) is 108 Å². The van der Waals surface area contributed by atoms with Crippen LogP contribution in [0.25, 0.3) is 0 Å². The average molecular weight is 927 g/mol. The van der Waals surface area contributed by atoms with Crippen LogP contribution in [0.2, 0.25) is 0 Å². The number of hydrogen-bond donors (Lipinski definition) is 1. The van der Waals surface area contributed by atoms with E-state index in [1.54, 1.807) is 0 Å². The van der Waals surface area contributed by atoms with Crippen LogP contribution >= 0.6 is 7.82 Å². The third-order valence-electron chi connectivity index (χ3n) is 10.0. The van der Waals surface area contributed by atoms with Crippen LogP contribution in [0, 0.1) is 0 Å². The number of quaternary nitrogens is 1. The van der Waals surface area contributed by atoms with E-state index in [-0.39, 0.29) is 26.1 Å². The summed E-state index contributed by atoms with van der Waals surface area (Å²) in [5.41, 5.74) is 0. The van der Waals surface area contributed by atoms with Crippen molar-refractivity contribution in [2.45, 2.75) is 180 Å². The number of phosphoric acid groups is 1. The Morgan fingerprint density at radius 1 is 0.492 bits per heavy atom. The van der Waals surface area contributed by atoms with E-state index in [1.807, 2.05) is 21.1 Å². The molecule has 0 amide bonds. The smallest absolute Gasteiger partial charge is 0.462 e. The molecule has 0 aromatic heterocycles. The van der Waals surface area contributed by atoms with Crippen LogP contribution < -0.4 is 0 Å². The van der Waals surface area contributed by atoms with Crippen molar-refractivity contribution in [1.82, 2.24) is 0 Å². The first-order chi connectivity index (χ1) is 31.5. The zero-order valence-electron chi connectivity index (χ0n) is 41.7. The lowest BCUT2D eigenvalue weighted by Gasteiger charge is -2.24. The molecule has 0 heterocycles. The van der Waals surface area contributed by atoms with Crippen molar-refractivity contribution in [2.75, 3.05) is 47.5 Å². The second-order valence-corrected chi connectivity index (χ2v) is 18.9. The van der Waals surface area contributed by atoms with Crippen LogP contribution in [-0.4, -0.2) is 74.9 Å². The number of ether oxygens (including phenoxy) is 2. The minimum Gasteiger partial charge on any atom is -0.462 e. The van der Waals surface area contributed by atoms with Gasteiger partial charge in [0.25, 0.3) is 0 Å². The lowest BCUT2D eigenvalue weighted by molar-refractivity contribution is -0.870. The van der Waals surface area contributed by atoms with Crippen molar-refractivity contribution in [3.05, 3.63) is 109 Å². The highest BCUT2D eigenvalue weighted by Crippen LogP contribution is 2.43. The molecular weight excluding hydrogens is 834 g/mol. The molecule has 10 heteroatoms. The fourth-order valence-corrected chi connectivity index (χ4v) is 6.88. The fraction of sp³-hybridized carbons (Fsp3) is 0.636. The van der Waals surface area contributed by atoms with E-state index in [0.29, 0.717) is 23.9 Å². The van der Waals surface area contributed by atoms with Crippen molar-refractivity contribution in [3.63, 3.8) is 0 Å². The summed E-state index contributed by atoms with van der Waals surface area (Å²) >= 11 is 0. The van der Waals surface area contributed by atoms with Crippen LogP contribution in [0.4, 0.5) is 0 Å². The number of esters is 2. The summed E-state index contributed by atoms with van der Waals surface area (Å²) < 4.78 is 34.4. The number of rotatable bonds is 44. The molecule has 1 N–H and O–H groups in total. The summed E-state index contributed by atoms with van der Waals surface area (Å²) in [6.45, 7) is 4.22. The maximum Gasteiger partial charge on any atom is 0.472 e. The number of hydrogen-bond acceptors (Lipinski definition) is 7. The van der Waals surface area contributed by atoms with Gasteiger partial charge in [0.15, 0.2) is 6.10 Å². The van der Waals surface area contributed by atoms with Gasteiger partial charge in [0.05, 0.1) is 27.7 Å². The lowest BCUT2D eigenvalue weighted by atomic mass is 10.1. The molecular formula is C55H93NO8P+. The first-order valence-electron chi connectivity index (χ1n) is 25.1. The zero-order chi connectivity index (χ0) is 47.8. The lowest BCUT2D eigenvalue weighted by Crippen LogP contribution is -2.37. The molecule has 2 atom stereocenters. The molecule has 0 rings (SSSR count). The first-order valence-corrected chi connectivity index (χ1v) is 26.6. The molecule has 0 saturated carbocycles. The van der Waals surface area contributed by atoms with Crippen molar-refractivity contribution < 1.29 is 42.1 Å². The Morgan fingerprint density at radius 2 is 0.877 bits per heavy atom. The molecule has 0 aliphatic rings. The van der Waals surface area contributed by atoms with Gasteiger partial charge in [-0.05, 0) is 103 Å². The summed E-state index contributed by atoms with van der Waals surface area (Å²) in [5, 5.41) is 0. The van der Waals surface area contributed by atoms with Crippen molar-refractivity contribution in [2.24, 2.45) is 0 Å². The highest BCUT2D eigenvalue weighted by molar-refractivity contribution is 7.47. The molecule has 65 heavy (non-hydrogen) atoms. The molecule has 0 saturated heterocycles. The second kappa shape index (κ2) is 45.8. The largest absolute Gasteiger partial charge is 0.472 e. The van der Waals surface area contributed by atoms with Crippen LogP contribution in [0.1, 0.15) is 174 Å². The van der Waals surface area contributed by atoms with Gasteiger partial charge in [0.1, 0.15) is 19.8 Å². The van der Waals surface area contributed by atoms with E-state index in [0.717, 1.165) is 103 Å². The highest BCUT2D eigenvalue weighted by atomic mass is 31.2. The minimum atomic E-state index is -4.40. The van der Waals surface area contributed by atoms with E-state index in [1.165, 1.54) is 32.1 Å². The summed E-state index contributed by atoms with van der Waals surface area (Å²) in [7, 11) is 1.43. The fourth-order valence-electron chi connectivity index (χ4n) is 6.14. The zero-order valence-corrected chi connectivity index (χ0v) is 42.6. The Hall–Kier alpha value is -3.33. The summed E-state index contributed by atoms with van der Waals surface area (Å²) in [5.74, 6) is -0.863. The quantitative estimate of drug-likeness (QED) is 0.0212. The van der Waals surface area contributed by atoms with E-state index in [2.05, 4.69) is 123 Å². The molecule has 0 aromatic rings. The number of carbonyl (C=O) groups is 2. The van der Waals surface area contributed by atoms with Crippen LogP contribution in [0.3, 0.4) is 0 Å². The van der Waals surface area contributed by atoms with Gasteiger partial charge in [-0.1, -0.05) is 168 Å². The van der Waals surface area contributed by atoms with Gasteiger partial charge in [0.2, 0.25) is 0 Å². The second-order valence-electron chi connectivity index (χ2n) is 17.5. The molecule has 0 bridgehead atoms. The maximum atomic E-state index is 12.7. The third-order valence-corrected chi connectivity index (χ3v) is 11.0. The maximum absolute atomic E-state index is 12.7. The number of nitrogens with zero attached hydrogens (tertiary/aromatic N) is 1. The number of allylic oxidation sites excluding steroid dienone is 18. The summed E-state index contributed by atoms with van der Waals surface area (Å²) in [4.78, 5) is 35.5. The molecule has 0 radical (unpaired) electrons. The predicted octanol–water partition coefficient (Wildman–Crippen LogP) is 15.1.